The van der Waals surface area contributed by atoms with Crippen molar-refractivity contribution in [2.24, 2.45) is 4.99 Å². The van der Waals surface area contributed by atoms with Crippen LogP contribution in [-0.4, -0.2) is 18.8 Å². The lowest BCUT2D eigenvalue weighted by molar-refractivity contribution is 0.774. The SMILES string of the molecule is ClCc1ccccc1N=CC1CCCN1. The minimum Gasteiger partial charge on any atom is -0.309 e. The predicted molar refractivity (Wildman–Crippen MR) is 65.2 cm³/mol. The Kier molecular flexibility index (Phi) is 3.75. The van der Waals surface area contributed by atoms with Crippen molar-refractivity contribution in [1.82, 2.24) is 5.32 Å². The molecule has 2 nitrogen and oxygen atoms in total. The Morgan fingerprint density at radius 2 is 2.33 bits per heavy atom. The van der Waals surface area contributed by atoms with Gasteiger partial charge in [0, 0.05) is 18.1 Å². The quantitative estimate of drug-likeness (QED) is 0.617. The molecule has 1 fully saturated rings. The molecule has 1 atom stereocenters. The number of aliphatic imine (C=N–C) groups is 1. The average molecular weight is 223 g/mol. The molecule has 1 unspecified atom stereocenters. The molecular weight excluding hydrogens is 208 g/mol. The summed E-state index contributed by atoms with van der Waals surface area (Å²) in [6.07, 6.45) is 4.43. The molecule has 0 bridgehead atoms. The van der Waals surface area contributed by atoms with Gasteiger partial charge in [-0.2, -0.15) is 0 Å². The van der Waals surface area contributed by atoms with Crippen LogP contribution in [0.4, 0.5) is 5.69 Å². The van der Waals surface area contributed by atoms with E-state index in [0.29, 0.717) is 11.9 Å². The largest absolute Gasteiger partial charge is 0.309 e. The van der Waals surface area contributed by atoms with E-state index in [-0.39, 0.29) is 0 Å². The summed E-state index contributed by atoms with van der Waals surface area (Å²) in [4.78, 5) is 4.49. The minimum absolute atomic E-state index is 0.438. The van der Waals surface area contributed by atoms with Crippen molar-refractivity contribution < 1.29 is 0 Å². The van der Waals surface area contributed by atoms with Crippen LogP contribution in [0.5, 0.6) is 0 Å². The number of hydrogen-bond donors (Lipinski definition) is 1. The molecule has 0 aliphatic carbocycles. The smallest absolute Gasteiger partial charge is 0.0670 e. The summed E-state index contributed by atoms with van der Waals surface area (Å²) in [7, 11) is 0. The van der Waals surface area contributed by atoms with Crippen LogP contribution in [0.2, 0.25) is 0 Å². The van der Waals surface area contributed by atoms with Crippen LogP contribution in [0, 0.1) is 0 Å². The normalized spacial score (nSPS) is 21.3. The van der Waals surface area contributed by atoms with Crippen molar-refractivity contribution in [1.29, 1.82) is 0 Å². The van der Waals surface area contributed by atoms with Crippen molar-refractivity contribution >= 4 is 23.5 Å². The van der Waals surface area contributed by atoms with Gasteiger partial charge in [-0.25, -0.2) is 0 Å². The minimum atomic E-state index is 0.438. The number of nitrogens with zero attached hydrogens (tertiary/aromatic N) is 1. The molecule has 1 saturated heterocycles. The van der Waals surface area contributed by atoms with Gasteiger partial charge >= 0.3 is 0 Å². The fourth-order valence-corrected chi connectivity index (χ4v) is 1.98. The Labute approximate surface area is 95.4 Å². The number of halogens is 1. The highest BCUT2D eigenvalue weighted by Gasteiger charge is 2.10. The van der Waals surface area contributed by atoms with Crippen LogP contribution in [0.25, 0.3) is 0 Å². The van der Waals surface area contributed by atoms with E-state index in [2.05, 4.69) is 10.3 Å². The predicted octanol–water partition coefficient (Wildman–Crippen LogP) is 2.88. The van der Waals surface area contributed by atoms with Crippen LogP contribution in [0.1, 0.15) is 18.4 Å². The van der Waals surface area contributed by atoms with E-state index in [9.17, 15) is 0 Å². The van der Waals surface area contributed by atoms with Gasteiger partial charge in [-0.15, -0.1) is 11.6 Å². The molecule has 1 aliphatic rings. The summed E-state index contributed by atoms with van der Waals surface area (Å²) in [6.45, 7) is 1.10. The van der Waals surface area contributed by atoms with Crippen LogP contribution in [-0.2, 0) is 5.88 Å². The Morgan fingerprint density at radius 3 is 3.07 bits per heavy atom. The van der Waals surface area contributed by atoms with Gasteiger partial charge in [0.05, 0.1) is 5.69 Å². The summed E-state index contributed by atoms with van der Waals surface area (Å²) >= 11 is 5.84. The topological polar surface area (TPSA) is 24.4 Å². The number of alkyl halides is 1. The molecule has 1 N–H and O–H groups in total. The second-order valence-electron chi connectivity index (χ2n) is 3.74. The van der Waals surface area contributed by atoms with Crippen LogP contribution >= 0.6 is 11.6 Å². The van der Waals surface area contributed by atoms with Crippen LogP contribution in [0.15, 0.2) is 29.3 Å². The van der Waals surface area contributed by atoms with Gasteiger partial charge in [0.15, 0.2) is 0 Å². The first-order valence-electron chi connectivity index (χ1n) is 5.31. The van der Waals surface area contributed by atoms with Crippen molar-refractivity contribution in [3.63, 3.8) is 0 Å². The maximum absolute atomic E-state index is 5.84. The van der Waals surface area contributed by atoms with Crippen LogP contribution in [0.3, 0.4) is 0 Å². The summed E-state index contributed by atoms with van der Waals surface area (Å²) in [6, 6.07) is 8.44. The number of para-hydroxylation sites is 1. The number of benzene rings is 1. The molecule has 80 valence electrons. The third-order valence-electron chi connectivity index (χ3n) is 2.63. The molecule has 0 saturated carbocycles. The van der Waals surface area contributed by atoms with E-state index in [1.54, 1.807) is 0 Å². The highest BCUT2D eigenvalue weighted by Crippen LogP contribution is 2.20. The van der Waals surface area contributed by atoms with Crippen molar-refractivity contribution in [3.8, 4) is 0 Å². The molecule has 1 heterocycles. The van der Waals surface area contributed by atoms with Gasteiger partial charge in [-0.1, -0.05) is 18.2 Å². The van der Waals surface area contributed by atoms with E-state index >= 15 is 0 Å². The van der Waals surface area contributed by atoms with Crippen molar-refractivity contribution in [2.45, 2.75) is 24.8 Å². The van der Waals surface area contributed by atoms with Crippen LogP contribution < -0.4 is 5.32 Å². The van der Waals surface area contributed by atoms with Gasteiger partial charge in [0.1, 0.15) is 0 Å². The second kappa shape index (κ2) is 5.29. The van der Waals surface area contributed by atoms with E-state index in [1.807, 2.05) is 30.5 Å². The molecule has 0 aromatic heterocycles. The van der Waals surface area contributed by atoms with Gasteiger partial charge in [-0.3, -0.25) is 4.99 Å². The number of rotatable bonds is 3. The van der Waals surface area contributed by atoms with Gasteiger partial charge in [-0.05, 0) is 31.0 Å². The highest BCUT2D eigenvalue weighted by atomic mass is 35.5. The number of hydrogen-bond acceptors (Lipinski definition) is 2. The standard InChI is InChI=1S/C12H15ClN2/c13-8-10-4-1-2-6-12(10)15-9-11-5-3-7-14-11/h1-2,4,6,9,11,14H,3,5,7-8H2. The zero-order chi connectivity index (χ0) is 10.5. The Hall–Kier alpha value is -0.860. The molecule has 1 aromatic rings. The average Bonchev–Trinajstić information content (AvgIpc) is 2.79. The second-order valence-corrected chi connectivity index (χ2v) is 4.01. The lowest BCUT2D eigenvalue weighted by atomic mass is 10.2. The molecular formula is C12H15ClN2. The van der Waals surface area contributed by atoms with Gasteiger partial charge < -0.3 is 5.32 Å². The summed E-state index contributed by atoms with van der Waals surface area (Å²) in [5, 5.41) is 3.38. The van der Waals surface area contributed by atoms with E-state index in [0.717, 1.165) is 17.8 Å². The lowest BCUT2D eigenvalue weighted by Crippen LogP contribution is -2.22. The molecule has 0 spiro atoms. The maximum atomic E-state index is 5.84. The van der Waals surface area contributed by atoms with E-state index < -0.39 is 0 Å². The monoisotopic (exact) mass is 222 g/mol. The zero-order valence-electron chi connectivity index (χ0n) is 8.62. The Morgan fingerprint density at radius 1 is 1.47 bits per heavy atom. The fraction of sp³-hybridized carbons (Fsp3) is 0.417. The molecule has 0 radical (unpaired) electrons. The van der Waals surface area contributed by atoms with Gasteiger partial charge in [0.2, 0.25) is 0 Å². The third kappa shape index (κ3) is 2.80. The first kappa shape index (κ1) is 10.7. The van der Waals surface area contributed by atoms with Crippen molar-refractivity contribution in [3.05, 3.63) is 29.8 Å². The fourth-order valence-electron chi connectivity index (χ4n) is 1.76. The first-order valence-corrected chi connectivity index (χ1v) is 5.85. The molecule has 3 heteroatoms. The maximum Gasteiger partial charge on any atom is 0.0670 e. The van der Waals surface area contributed by atoms with Gasteiger partial charge in [0.25, 0.3) is 0 Å². The number of nitrogens with one attached hydrogen (secondary N) is 1. The Bertz CT molecular complexity index is 343. The van der Waals surface area contributed by atoms with E-state index in [1.165, 1.54) is 12.8 Å². The highest BCUT2D eigenvalue weighted by molar-refractivity contribution is 6.17. The molecule has 0 amide bonds. The molecule has 1 aromatic carbocycles. The van der Waals surface area contributed by atoms with Crippen molar-refractivity contribution in [2.75, 3.05) is 6.54 Å². The summed E-state index contributed by atoms with van der Waals surface area (Å²) < 4.78 is 0. The summed E-state index contributed by atoms with van der Waals surface area (Å²) in [5.74, 6) is 0.519. The molecule has 2 rings (SSSR count). The zero-order valence-corrected chi connectivity index (χ0v) is 9.37. The summed E-state index contributed by atoms with van der Waals surface area (Å²) in [5.41, 5.74) is 2.08. The van der Waals surface area contributed by atoms with E-state index in [4.69, 9.17) is 11.6 Å². The Balaban J connectivity index is 2.08. The first-order chi connectivity index (χ1) is 7.40. The third-order valence-corrected chi connectivity index (χ3v) is 2.92. The lowest BCUT2D eigenvalue weighted by Gasteiger charge is -2.04. The molecule has 15 heavy (non-hydrogen) atoms. The molecule has 1 aliphatic heterocycles.